The van der Waals surface area contributed by atoms with Crippen molar-refractivity contribution in [2.75, 3.05) is 7.11 Å². The van der Waals surface area contributed by atoms with Gasteiger partial charge in [0, 0.05) is 10.9 Å². The Kier molecular flexibility index (Phi) is 6.86. The molecule has 0 heterocycles. The molecule has 9 heteroatoms. The summed E-state index contributed by atoms with van der Waals surface area (Å²) in [5.41, 5.74) is -3.99. The first-order valence-corrected chi connectivity index (χ1v) is 9.58. The molecule has 0 aliphatic heterocycles. The van der Waals surface area contributed by atoms with Crippen LogP contribution in [0.25, 0.3) is 10.8 Å². The van der Waals surface area contributed by atoms with Crippen LogP contribution in [0.15, 0.2) is 60.7 Å². The van der Waals surface area contributed by atoms with E-state index in [2.05, 4.69) is 4.18 Å². The zero-order valence-corrected chi connectivity index (χ0v) is 16.3. The molecule has 0 aliphatic carbocycles. The minimum absolute atomic E-state index is 0.224. The highest BCUT2D eigenvalue weighted by Crippen LogP contribution is 2.35. The van der Waals surface area contributed by atoms with Crippen molar-refractivity contribution >= 4 is 27.2 Å². The average molecular weight is 426 g/mol. The molecular formula is C20H17F3O5S. The molecule has 0 amide bonds. The predicted octanol–water partition coefficient (Wildman–Crippen LogP) is 4.88. The first kappa shape index (κ1) is 22.2. The molecule has 29 heavy (non-hydrogen) atoms. The van der Waals surface area contributed by atoms with Gasteiger partial charge in [0.25, 0.3) is 0 Å². The van der Waals surface area contributed by atoms with Crippen molar-refractivity contribution in [1.82, 2.24) is 0 Å². The molecule has 0 aromatic heterocycles. The molecule has 0 unspecified atom stereocenters. The fourth-order valence-electron chi connectivity index (χ4n) is 2.35. The Bertz CT molecular complexity index is 1090. The lowest BCUT2D eigenvalue weighted by Crippen LogP contribution is -2.28. The molecule has 0 bridgehead atoms. The van der Waals surface area contributed by atoms with Gasteiger partial charge in [0.15, 0.2) is 5.75 Å². The third-order valence-electron chi connectivity index (χ3n) is 3.82. The average Bonchev–Trinajstić information content (AvgIpc) is 2.70. The Labute approximate surface area is 165 Å². The number of rotatable bonds is 4. The molecular weight excluding hydrogens is 409 g/mol. The van der Waals surface area contributed by atoms with Crippen LogP contribution in [0.3, 0.4) is 0 Å². The van der Waals surface area contributed by atoms with Gasteiger partial charge in [-0.2, -0.15) is 21.6 Å². The SMILES string of the molecule is COc1ccc2c(C)ccc(OS(=O)(=O)C(F)(F)F)c2c1.O=Cc1ccccc1. The topological polar surface area (TPSA) is 69.7 Å². The van der Waals surface area contributed by atoms with Crippen LogP contribution in [0.1, 0.15) is 15.9 Å². The van der Waals surface area contributed by atoms with E-state index in [1.807, 2.05) is 18.2 Å². The van der Waals surface area contributed by atoms with Crippen molar-refractivity contribution in [2.45, 2.75) is 12.4 Å². The molecule has 0 saturated heterocycles. The number of alkyl halides is 3. The van der Waals surface area contributed by atoms with Gasteiger partial charge in [0.1, 0.15) is 12.0 Å². The van der Waals surface area contributed by atoms with E-state index in [9.17, 15) is 26.4 Å². The maximum Gasteiger partial charge on any atom is 0.534 e. The molecule has 0 radical (unpaired) electrons. The molecule has 0 aliphatic rings. The molecule has 3 aromatic rings. The van der Waals surface area contributed by atoms with Crippen molar-refractivity contribution in [3.05, 3.63) is 71.8 Å². The Morgan fingerprint density at radius 2 is 1.59 bits per heavy atom. The lowest BCUT2D eigenvalue weighted by atomic mass is 10.0. The van der Waals surface area contributed by atoms with Crippen LogP contribution >= 0.6 is 0 Å². The molecule has 154 valence electrons. The van der Waals surface area contributed by atoms with E-state index in [-0.39, 0.29) is 5.39 Å². The fourth-order valence-corrected chi connectivity index (χ4v) is 2.82. The van der Waals surface area contributed by atoms with Crippen LogP contribution in [-0.4, -0.2) is 27.3 Å². The van der Waals surface area contributed by atoms with E-state index in [1.165, 1.54) is 25.3 Å². The Morgan fingerprint density at radius 3 is 2.10 bits per heavy atom. The maximum absolute atomic E-state index is 12.4. The highest BCUT2D eigenvalue weighted by molar-refractivity contribution is 7.88. The van der Waals surface area contributed by atoms with Crippen molar-refractivity contribution < 1.29 is 35.3 Å². The van der Waals surface area contributed by atoms with E-state index in [1.54, 1.807) is 31.2 Å². The van der Waals surface area contributed by atoms with Gasteiger partial charge >= 0.3 is 15.6 Å². The van der Waals surface area contributed by atoms with Gasteiger partial charge in [-0.25, -0.2) is 0 Å². The summed E-state index contributed by atoms with van der Waals surface area (Å²) in [6, 6.07) is 16.4. The zero-order chi connectivity index (χ0) is 21.7. The summed E-state index contributed by atoms with van der Waals surface area (Å²) in [7, 11) is -4.32. The van der Waals surface area contributed by atoms with Gasteiger partial charge in [-0.1, -0.05) is 42.5 Å². The van der Waals surface area contributed by atoms with E-state index in [4.69, 9.17) is 4.74 Å². The Hall–Kier alpha value is -3.07. The molecule has 0 atom stereocenters. The van der Waals surface area contributed by atoms with Crippen LogP contribution < -0.4 is 8.92 Å². The van der Waals surface area contributed by atoms with E-state index in [0.717, 1.165) is 17.4 Å². The number of methoxy groups -OCH3 is 1. The third kappa shape index (κ3) is 5.47. The number of carbonyl (C=O) groups excluding carboxylic acids is 1. The van der Waals surface area contributed by atoms with Crippen LogP contribution in [0, 0.1) is 6.92 Å². The molecule has 0 spiro atoms. The van der Waals surface area contributed by atoms with Gasteiger partial charge in [0.05, 0.1) is 7.11 Å². The Balaban J connectivity index is 0.000000313. The number of aryl methyl sites for hydroxylation is 1. The number of hydrogen-bond acceptors (Lipinski definition) is 5. The van der Waals surface area contributed by atoms with Gasteiger partial charge in [-0.05, 0) is 36.1 Å². The summed E-state index contributed by atoms with van der Waals surface area (Å²) in [5.74, 6) is -0.0193. The smallest absolute Gasteiger partial charge is 0.497 e. The lowest BCUT2D eigenvalue weighted by Gasteiger charge is -2.13. The molecule has 0 saturated carbocycles. The van der Waals surface area contributed by atoms with Gasteiger partial charge < -0.3 is 8.92 Å². The standard InChI is InChI=1S/C13H11F3O4S.C7H6O/c1-8-3-6-12(20-21(17,18)13(14,15)16)11-7-9(19-2)4-5-10(8)11;8-6-7-4-2-1-3-5-7/h3-7H,1-2H3;1-6H. The van der Waals surface area contributed by atoms with Crippen molar-refractivity contribution in [2.24, 2.45) is 0 Å². The summed E-state index contributed by atoms with van der Waals surface area (Å²) >= 11 is 0. The lowest BCUT2D eigenvalue weighted by molar-refractivity contribution is -0.0499. The highest BCUT2D eigenvalue weighted by atomic mass is 32.2. The minimum atomic E-state index is -5.72. The second-order valence-electron chi connectivity index (χ2n) is 5.80. The summed E-state index contributed by atoms with van der Waals surface area (Å²) in [5, 5.41) is 0.799. The van der Waals surface area contributed by atoms with E-state index < -0.39 is 21.4 Å². The van der Waals surface area contributed by atoms with Crippen LogP contribution in [-0.2, 0) is 10.1 Å². The van der Waals surface area contributed by atoms with Crippen molar-refractivity contribution in [3.63, 3.8) is 0 Å². The van der Waals surface area contributed by atoms with Gasteiger partial charge in [-0.3, -0.25) is 4.79 Å². The first-order chi connectivity index (χ1) is 13.6. The van der Waals surface area contributed by atoms with Gasteiger partial charge in [-0.15, -0.1) is 0 Å². The molecule has 3 rings (SSSR count). The summed E-state index contributed by atoms with van der Waals surface area (Å²) in [6.45, 7) is 1.75. The van der Waals surface area contributed by atoms with Crippen molar-refractivity contribution in [1.29, 1.82) is 0 Å². The van der Waals surface area contributed by atoms with Crippen LogP contribution in [0.2, 0.25) is 0 Å². The summed E-state index contributed by atoms with van der Waals surface area (Å²) < 4.78 is 68.7. The number of ether oxygens (including phenoxy) is 1. The number of hydrogen-bond donors (Lipinski definition) is 0. The maximum atomic E-state index is 12.4. The molecule has 3 aromatic carbocycles. The second-order valence-corrected chi connectivity index (χ2v) is 7.34. The molecule has 0 fully saturated rings. The highest BCUT2D eigenvalue weighted by Gasteiger charge is 2.48. The van der Waals surface area contributed by atoms with Crippen LogP contribution in [0.5, 0.6) is 11.5 Å². The number of fused-ring (bicyclic) bond motifs is 1. The summed E-state index contributed by atoms with van der Waals surface area (Å²) in [6.07, 6.45) is 0.833. The third-order valence-corrected chi connectivity index (χ3v) is 4.79. The zero-order valence-electron chi connectivity index (χ0n) is 15.4. The number of carbonyl (C=O) groups is 1. The molecule has 0 N–H and O–H groups in total. The van der Waals surface area contributed by atoms with E-state index >= 15 is 0 Å². The number of halogens is 3. The summed E-state index contributed by atoms with van der Waals surface area (Å²) in [4.78, 5) is 10.0. The van der Waals surface area contributed by atoms with Crippen LogP contribution in [0.4, 0.5) is 13.2 Å². The Morgan fingerprint density at radius 1 is 0.931 bits per heavy atom. The minimum Gasteiger partial charge on any atom is -0.497 e. The monoisotopic (exact) mass is 426 g/mol. The fraction of sp³-hybridized carbons (Fsp3) is 0.150. The predicted molar refractivity (Wildman–Crippen MR) is 103 cm³/mol. The largest absolute Gasteiger partial charge is 0.534 e. The number of benzene rings is 3. The second kappa shape index (κ2) is 8.95. The van der Waals surface area contributed by atoms with Gasteiger partial charge in [0.2, 0.25) is 0 Å². The number of aldehydes is 1. The normalized spacial score (nSPS) is 11.3. The van der Waals surface area contributed by atoms with E-state index in [0.29, 0.717) is 11.1 Å². The molecule has 5 nitrogen and oxygen atoms in total. The van der Waals surface area contributed by atoms with Crippen molar-refractivity contribution in [3.8, 4) is 11.5 Å². The first-order valence-electron chi connectivity index (χ1n) is 8.17. The quantitative estimate of drug-likeness (QED) is 0.338.